The molecular weight excluding hydrogens is 176 g/mol. The van der Waals surface area contributed by atoms with E-state index in [2.05, 4.69) is 0 Å². The standard InChI is InChI=1S/C9H11F2NO/c1-12(6-13-2)7-3-4-8(10)9(11)5-7/h3-5H,6H2,1-2H3. The number of hydrogen-bond donors (Lipinski definition) is 0. The molecule has 0 amide bonds. The number of rotatable bonds is 3. The Morgan fingerprint density at radius 2 is 2.00 bits per heavy atom. The molecule has 0 heterocycles. The summed E-state index contributed by atoms with van der Waals surface area (Å²) in [6.45, 7) is 0.338. The number of halogens is 2. The molecule has 1 aromatic rings. The number of anilines is 1. The second-order valence-electron chi connectivity index (χ2n) is 2.71. The van der Waals surface area contributed by atoms with Crippen molar-refractivity contribution in [1.82, 2.24) is 0 Å². The summed E-state index contributed by atoms with van der Waals surface area (Å²) >= 11 is 0. The quantitative estimate of drug-likeness (QED) is 0.671. The molecule has 13 heavy (non-hydrogen) atoms. The minimum absolute atomic E-state index is 0.338. The van der Waals surface area contributed by atoms with Gasteiger partial charge in [0, 0.05) is 25.9 Å². The molecule has 0 spiro atoms. The molecule has 1 aromatic carbocycles. The van der Waals surface area contributed by atoms with Gasteiger partial charge < -0.3 is 9.64 Å². The molecule has 0 aromatic heterocycles. The third-order valence-electron chi connectivity index (χ3n) is 1.67. The first-order chi connectivity index (χ1) is 6.15. The average Bonchev–Trinajstić information content (AvgIpc) is 2.10. The molecule has 0 fully saturated rings. The largest absolute Gasteiger partial charge is 0.364 e. The van der Waals surface area contributed by atoms with Crippen LogP contribution in [0.1, 0.15) is 0 Å². The summed E-state index contributed by atoms with van der Waals surface area (Å²) in [5.41, 5.74) is 0.584. The normalized spacial score (nSPS) is 10.2. The molecule has 0 N–H and O–H groups in total. The summed E-state index contributed by atoms with van der Waals surface area (Å²) in [5.74, 6) is -1.69. The maximum absolute atomic E-state index is 12.7. The number of ether oxygens (including phenoxy) is 1. The Hall–Kier alpha value is -1.16. The highest BCUT2D eigenvalue weighted by Crippen LogP contribution is 2.16. The lowest BCUT2D eigenvalue weighted by Gasteiger charge is -2.17. The van der Waals surface area contributed by atoms with E-state index in [0.717, 1.165) is 12.1 Å². The Balaban J connectivity index is 2.84. The summed E-state index contributed by atoms with van der Waals surface area (Å²) < 4.78 is 30.1. The summed E-state index contributed by atoms with van der Waals surface area (Å²) in [5, 5.41) is 0. The van der Waals surface area contributed by atoms with Gasteiger partial charge in [-0.05, 0) is 12.1 Å². The maximum atomic E-state index is 12.7. The molecule has 4 heteroatoms. The van der Waals surface area contributed by atoms with Gasteiger partial charge >= 0.3 is 0 Å². The second kappa shape index (κ2) is 4.18. The van der Waals surface area contributed by atoms with Crippen LogP contribution >= 0.6 is 0 Å². The predicted molar refractivity (Wildman–Crippen MR) is 46.6 cm³/mol. The van der Waals surface area contributed by atoms with Gasteiger partial charge in [0.1, 0.15) is 6.73 Å². The van der Waals surface area contributed by atoms with Crippen LogP contribution in [0.15, 0.2) is 18.2 Å². The summed E-state index contributed by atoms with van der Waals surface area (Å²) in [6.07, 6.45) is 0. The fourth-order valence-corrected chi connectivity index (χ4v) is 0.991. The smallest absolute Gasteiger partial charge is 0.160 e. The van der Waals surface area contributed by atoms with E-state index in [9.17, 15) is 8.78 Å². The molecule has 0 aliphatic rings. The SMILES string of the molecule is COCN(C)c1ccc(F)c(F)c1. The van der Waals surface area contributed by atoms with Gasteiger partial charge in [0.05, 0.1) is 0 Å². The highest BCUT2D eigenvalue weighted by Gasteiger charge is 2.05. The van der Waals surface area contributed by atoms with Gasteiger partial charge in [0.15, 0.2) is 11.6 Å². The molecule has 0 unspecified atom stereocenters. The van der Waals surface area contributed by atoms with Crippen LogP contribution in [0.3, 0.4) is 0 Å². The molecular formula is C9H11F2NO. The Morgan fingerprint density at radius 1 is 1.31 bits per heavy atom. The van der Waals surface area contributed by atoms with Crippen LogP contribution < -0.4 is 4.90 Å². The molecule has 0 bridgehead atoms. The maximum Gasteiger partial charge on any atom is 0.160 e. The summed E-state index contributed by atoms with van der Waals surface area (Å²) in [7, 11) is 3.27. The predicted octanol–water partition coefficient (Wildman–Crippen LogP) is 2.00. The van der Waals surface area contributed by atoms with Gasteiger partial charge in [-0.2, -0.15) is 0 Å². The summed E-state index contributed by atoms with van der Waals surface area (Å²) in [6, 6.07) is 3.72. The molecule has 0 radical (unpaired) electrons. The van der Waals surface area contributed by atoms with Crippen LogP contribution in [0.4, 0.5) is 14.5 Å². The van der Waals surface area contributed by atoms with E-state index in [4.69, 9.17) is 4.74 Å². The van der Waals surface area contributed by atoms with Crippen LogP contribution in [0.2, 0.25) is 0 Å². The number of hydrogen-bond acceptors (Lipinski definition) is 2. The van der Waals surface area contributed by atoms with Crippen molar-refractivity contribution in [2.75, 3.05) is 25.8 Å². The van der Waals surface area contributed by atoms with Gasteiger partial charge in [-0.1, -0.05) is 0 Å². The monoisotopic (exact) mass is 187 g/mol. The highest BCUT2D eigenvalue weighted by molar-refractivity contribution is 5.45. The average molecular weight is 187 g/mol. The molecule has 1 rings (SSSR count). The van der Waals surface area contributed by atoms with Crippen LogP contribution in [-0.2, 0) is 4.74 Å². The van der Waals surface area contributed by atoms with Crippen molar-refractivity contribution in [2.24, 2.45) is 0 Å². The van der Waals surface area contributed by atoms with Crippen molar-refractivity contribution < 1.29 is 13.5 Å². The Labute approximate surface area is 75.7 Å². The third-order valence-corrected chi connectivity index (χ3v) is 1.67. The van der Waals surface area contributed by atoms with Crippen molar-refractivity contribution in [3.8, 4) is 0 Å². The van der Waals surface area contributed by atoms with Crippen LogP contribution in [0.25, 0.3) is 0 Å². The van der Waals surface area contributed by atoms with Gasteiger partial charge in [0.25, 0.3) is 0 Å². The first kappa shape index (κ1) is 9.92. The fourth-order valence-electron chi connectivity index (χ4n) is 0.991. The Morgan fingerprint density at radius 3 is 2.54 bits per heavy atom. The van der Waals surface area contributed by atoms with Crippen molar-refractivity contribution >= 4 is 5.69 Å². The van der Waals surface area contributed by atoms with Crippen molar-refractivity contribution in [2.45, 2.75) is 0 Å². The minimum Gasteiger partial charge on any atom is -0.364 e. The second-order valence-corrected chi connectivity index (χ2v) is 2.71. The lowest BCUT2D eigenvalue weighted by atomic mass is 10.3. The molecule has 0 atom stereocenters. The van der Waals surface area contributed by atoms with E-state index in [1.807, 2.05) is 0 Å². The van der Waals surface area contributed by atoms with Crippen molar-refractivity contribution in [3.63, 3.8) is 0 Å². The zero-order chi connectivity index (χ0) is 9.84. The molecule has 0 aliphatic heterocycles. The van der Waals surface area contributed by atoms with Gasteiger partial charge in [-0.25, -0.2) is 8.78 Å². The van der Waals surface area contributed by atoms with Crippen molar-refractivity contribution in [1.29, 1.82) is 0 Å². The molecule has 0 saturated heterocycles. The van der Waals surface area contributed by atoms with Crippen molar-refractivity contribution in [3.05, 3.63) is 29.8 Å². The van der Waals surface area contributed by atoms with Crippen LogP contribution in [0, 0.1) is 11.6 Å². The van der Waals surface area contributed by atoms with E-state index in [1.165, 1.54) is 13.2 Å². The first-order valence-electron chi connectivity index (χ1n) is 3.80. The highest BCUT2D eigenvalue weighted by atomic mass is 19.2. The van der Waals surface area contributed by atoms with E-state index in [1.54, 1.807) is 11.9 Å². The van der Waals surface area contributed by atoms with E-state index in [0.29, 0.717) is 12.4 Å². The van der Waals surface area contributed by atoms with Crippen LogP contribution in [0.5, 0.6) is 0 Å². The van der Waals surface area contributed by atoms with Crippen LogP contribution in [-0.4, -0.2) is 20.9 Å². The Kier molecular flexibility index (Phi) is 3.19. The fraction of sp³-hybridized carbons (Fsp3) is 0.333. The van der Waals surface area contributed by atoms with E-state index in [-0.39, 0.29) is 0 Å². The Bertz CT molecular complexity index is 291. The third kappa shape index (κ3) is 2.39. The lowest BCUT2D eigenvalue weighted by Crippen LogP contribution is -2.19. The number of benzene rings is 1. The summed E-state index contributed by atoms with van der Waals surface area (Å²) in [4.78, 5) is 1.67. The van der Waals surface area contributed by atoms with E-state index >= 15 is 0 Å². The lowest BCUT2D eigenvalue weighted by molar-refractivity contribution is 0.202. The molecule has 2 nitrogen and oxygen atoms in total. The zero-order valence-corrected chi connectivity index (χ0v) is 7.55. The first-order valence-corrected chi connectivity index (χ1v) is 3.80. The topological polar surface area (TPSA) is 12.5 Å². The zero-order valence-electron chi connectivity index (χ0n) is 7.55. The molecule has 72 valence electrons. The number of methoxy groups -OCH3 is 1. The minimum atomic E-state index is -0.847. The number of nitrogens with zero attached hydrogens (tertiary/aromatic N) is 1. The van der Waals surface area contributed by atoms with Gasteiger partial charge in [-0.3, -0.25) is 0 Å². The van der Waals surface area contributed by atoms with Gasteiger partial charge in [0.2, 0.25) is 0 Å². The molecule has 0 saturated carbocycles. The van der Waals surface area contributed by atoms with E-state index < -0.39 is 11.6 Å². The molecule has 0 aliphatic carbocycles. The van der Waals surface area contributed by atoms with Gasteiger partial charge in [-0.15, -0.1) is 0 Å².